The minimum Gasteiger partial charge on any atom is -0.467 e. The highest BCUT2D eigenvalue weighted by molar-refractivity contribution is 7.13. The monoisotopic (exact) mass is 669 g/mol. The van der Waals surface area contributed by atoms with E-state index in [1.807, 2.05) is 27.7 Å². The van der Waals surface area contributed by atoms with E-state index >= 15 is 0 Å². The number of carbonyl (C=O) groups is 3. The minimum absolute atomic E-state index is 0.00794. The molecule has 3 atom stereocenters. The number of rotatable bonds is 13. The smallest absolute Gasteiger partial charge is 0.328 e. The van der Waals surface area contributed by atoms with Crippen molar-refractivity contribution in [3.8, 4) is 33.9 Å². The van der Waals surface area contributed by atoms with Crippen LogP contribution in [0.25, 0.3) is 33.9 Å². The number of oxazole rings is 3. The standard InChI is InChI=1S/C31H39N7O8S/c1-10-15(6)22(31(41)43-9)35-26(40)23-16(7)45-28(36-23)19-12-47-30(33-19)24-17(8)46-27(37-24)18-11-44-29(32-18)21(14(4)5)34-25(39)20(38-42)13(2)3/h11-15,21-22,42H,10H2,1-9H3,(H,34,39)(H,35,40)/b38-20+/t15-,21-,22-/m0/s1. The highest BCUT2D eigenvalue weighted by Gasteiger charge is 2.31. The van der Waals surface area contributed by atoms with E-state index in [4.69, 9.17) is 18.0 Å². The van der Waals surface area contributed by atoms with Crippen LogP contribution >= 0.6 is 11.3 Å². The minimum atomic E-state index is -0.832. The average molecular weight is 670 g/mol. The fourth-order valence-corrected chi connectivity index (χ4v) is 5.42. The van der Waals surface area contributed by atoms with Crippen molar-refractivity contribution in [2.24, 2.45) is 22.9 Å². The average Bonchev–Trinajstić information content (AvgIpc) is 3.84. The zero-order valence-electron chi connectivity index (χ0n) is 27.7. The van der Waals surface area contributed by atoms with Crippen molar-refractivity contribution in [3.63, 3.8) is 0 Å². The quantitative estimate of drug-likeness (QED) is 0.0713. The van der Waals surface area contributed by atoms with Crippen molar-refractivity contribution in [2.75, 3.05) is 7.11 Å². The Morgan fingerprint density at radius 3 is 2.28 bits per heavy atom. The summed E-state index contributed by atoms with van der Waals surface area (Å²) < 4.78 is 22.2. The van der Waals surface area contributed by atoms with Crippen molar-refractivity contribution in [2.45, 2.75) is 73.9 Å². The Morgan fingerprint density at radius 2 is 1.66 bits per heavy atom. The molecule has 0 aliphatic carbocycles. The number of aromatic nitrogens is 4. The van der Waals surface area contributed by atoms with Gasteiger partial charge in [-0.3, -0.25) is 9.59 Å². The molecular formula is C31H39N7O8S. The molecule has 252 valence electrons. The molecule has 0 fully saturated rings. The summed E-state index contributed by atoms with van der Waals surface area (Å²) in [5.74, 6) is -0.884. The van der Waals surface area contributed by atoms with E-state index < -0.39 is 29.9 Å². The van der Waals surface area contributed by atoms with Gasteiger partial charge in [-0.2, -0.15) is 0 Å². The van der Waals surface area contributed by atoms with Gasteiger partial charge in [0.15, 0.2) is 11.4 Å². The first-order valence-corrected chi connectivity index (χ1v) is 16.0. The predicted molar refractivity (Wildman–Crippen MR) is 171 cm³/mol. The molecule has 0 bridgehead atoms. The van der Waals surface area contributed by atoms with Gasteiger partial charge < -0.3 is 33.8 Å². The lowest BCUT2D eigenvalue weighted by atomic mass is 9.99. The van der Waals surface area contributed by atoms with Crippen LogP contribution in [0.15, 0.2) is 30.1 Å². The Balaban J connectivity index is 1.54. The molecule has 0 aliphatic rings. The van der Waals surface area contributed by atoms with Gasteiger partial charge in [-0.1, -0.05) is 53.1 Å². The Kier molecular flexibility index (Phi) is 11.0. The van der Waals surface area contributed by atoms with Crippen molar-refractivity contribution < 1.29 is 37.6 Å². The first-order chi connectivity index (χ1) is 22.3. The lowest BCUT2D eigenvalue weighted by Gasteiger charge is -2.21. The first kappa shape index (κ1) is 35.0. The molecule has 0 saturated heterocycles. The number of aryl methyl sites for hydroxylation is 2. The molecule has 16 heteroatoms. The molecule has 0 saturated carbocycles. The molecule has 4 aromatic heterocycles. The molecule has 47 heavy (non-hydrogen) atoms. The van der Waals surface area contributed by atoms with Gasteiger partial charge >= 0.3 is 5.97 Å². The molecular weight excluding hydrogens is 630 g/mol. The second-order valence-corrected chi connectivity index (χ2v) is 12.5. The summed E-state index contributed by atoms with van der Waals surface area (Å²) in [6.07, 6.45) is 2.04. The lowest BCUT2D eigenvalue weighted by Crippen LogP contribution is -2.45. The van der Waals surface area contributed by atoms with Gasteiger partial charge in [0.2, 0.25) is 17.7 Å². The summed E-state index contributed by atoms with van der Waals surface area (Å²) >= 11 is 1.28. The normalized spacial score (nSPS) is 13.9. The van der Waals surface area contributed by atoms with Crippen LogP contribution in [0, 0.1) is 31.6 Å². The molecule has 0 unspecified atom stereocenters. The first-order valence-electron chi connectivity index (χ1n) is 15.1. The predicted octanol–water partition coefficient (Wildman–Crippen LogP) is 5.34. The summed E-state index contributed by atoms with van der Waals surface area (Å²) in [5.41, 5.74) is 1.19. The molecule has 3 N–H and O–H groups in total. The summed E-state index contributed by atoms with van der Waals surface area (Å²) in [4.78, 5) is 56.1. The number of methoxy groups -OCH3 is 1. The summed E-state index contributed by atoms with van der Waals surface area (Å²) in [6, 6.07) is -1.44. The van der Waals surface area contributed by atoms with E-state index in [1.54, 1.807) is 33.1 Å². The maximum Gasteiger partial charge on any atom is 0.328 e. The second kappa shape index (κ2) is 14.7. The highest BCUT2D eigenvalue weighted by Crippen LogP contribution is 2.34. The fraction of sp³-hybridized carbons (Fsp3) is 0.484. The molecule has 0 radical (unpaired) electrons. The van der Waals surface area contributed by atoms with Crippen molar-refractivity contribution >= 4 is 34.8 Å². The zero-order chi connectivity index (χ0) is 34.6. The number of nitrogens with one attached hydrogen (secondary N) is 2. The Morgan fingerprint density at radius 1 is 0.979 bits per heavy atom. The Bertz CT molecular complexity index is 1770. The maximum absolute atomic E-state index is 13.0. The van der Waals surface area contributed by atoms with Crippen LogP contribution in [-0.2, 0) is 14.3 Å². The summed E-state index contributed by atoms with van der Waals surface area (Å²) in [7, 11) is 1.27. The molecule has 4 aromatic rings. The third-order valence-electron chi connectivity index (χ3n) is 7.54. The van der Waals surface area contributed by atoms with Crippen molar-refractivity contribution in [1.29, 1.82) is 0 Å². The number of oxime groups is 1. The van der Waals surface area contributed by atoms with Crippen LogP contribution in [0.2, 0.25) is 0 Å². The van der Waals surface area contributed by atoms with E-state index in [-0.39, 0.29) is 52.6 Å². The number of hydrogen-bond acceptors (Lipinski definition) is 14. The van der Waals surface area contributed by atoms with Gasteiger partial charge in [-0.05, 0) is 25.7 Å². The van der Waals surface area contributed by atoms with Crippen LogP contribution in [0.1, 0.15) is 81.9 Å². The van der Waals surface area contributed by atoms with Crippen molar-refractivity contribution in [1.82, 2.24) is 30.6 Å². The summed E-state index contributed by atoms with van der Waals surface area (Å²) in [5, 5.41) is 20.2. The van der Waals surface area contributed by atoms with Gasteiger partial charge in [0, 0.05) is 11.3 Å². The van der Waals surface area contributed by atoms with Crippen molar-refractivity contribution in [3.05, 3.63) is 34.7 Å². The van der Waals surface area contributed by atoms with Crippen LogP contribution in [0.4, 0.5) is 0 Å². The topological polar surface area (TPSA) is 208 Å². The largest absolute Gasteiger partial charge is 0.467 e. The number of carbonyl (C=O) groups excluding carboxylic acids is 3. The van der Waals surface area contributed by atoms with Gasteiger partial charge in [-0.15, -0.1) is 11.3 Å². The van der Waals surface area contributed by atoms with Gasteiger partial charge in [0.25, 0.3) is 11.8 Å². The SMILES string of the molecule is CC[C@H](C)[C@H](NC(=O)c1nc(-c2csc(-c3nc(-c4coc([C@@H](NC(=O)/C(=N/O)C(C)C)C(C)C)n4)oc3C)n2)oc1C)C(=O)OC. The molecule has 2 amide bonds. The maximum atomic E-state index is 13.0. The molecule has 4 heterocycles. The molecule has 15 nitrogen and oxygen atoms in total. The van der Waals surface area contributed by atoms with Gasteiger partial charge in [-0.25, -0.2) is 24.7 Å². The molecule has 0 spiro atoms. The second-order valence-electron chi connectivity index (χ2n) is 11.7. The number of thiazole rings is 1. The van der Waals surface area contributed by atoms with E-state index in [2.05, 4.69) is 35.7 Å². The fourth-order valence-electron chi connectivity index (χ4n) is 4.59. The van der Waals surface area contributed by atoms with E-state index in [0.29, 0.717) is 34.3 Å². The number of ether oxygens (including phenoxy) is 1. The van der Waals surface area contributed by atoms with Gasteiger partial charge in [0.05, 0.1) is 7.11 Å². The Labute approximate surface area is 275 Å². The van der Waals surface area contributed by atoms with Crippen LogP contribution in [0.5, 0.6) is 0 Å². The zero-order valence-corrected chi connectivity index (χ0v) is 28.5. The molecule has 0 aliphatic heterocycles. The van der Waals surface area contributed by atoms with E-state index in [9.17, 15) is 19.6 Å². The van der Waals surface area contributed by atoms with Crippen LogP contribution in [-0.4, -0.2) is 61.8 Å². The van der Waals surface area contributed by atoms with Crippen LogP contribution < -0.4 is 10.6 Å². The number of esters is 1. The highest BCUT2D eigenvalue weighted by atomic mass is 32.1. The molecule has 0 aromatic carbocycles. The van der Waals surface area contributed by atoms with Crippen LogP contribution in [0.3, 0.4) is 0 Å². The van der Waals surface area contributed by atoms with E-state index in [1.165, 1.54) is 24.7 Å². The molecule has 4 rings (SSSR count). The van der Waals surface area contributed by atoms with E-state index in [0.717, 1.165) is 0 Å². The number of nitrogens with zero attached hydrogens (tertiary/aromatic N) is 5. The van der Waals surface area contributed by atoms with Gasteiger partial charge in [0.1, 0.15) is 52.0 Å². The number of amides is 2. The lowest BCUT2D eigenvalue weighted by molar-refractivity contribution is -0.144. The number of hydrogen-bond donors (Lipinski definition) is 3. The third kappa shape index (κ3) is 7.59. The Hall–Kier alpha value is -4.86. The third-order valence-corrected chi connectivity index (χ3v) is 8.39. The summed E-state index contributed by atoms with van der Waals surface area (Å²) in [6.45, 7) is 14.4.